The van der Waals surface area contributed by atoms with Gasteiger partial charge >= 0.3 is 12.0 Å². The van der Waals surface area contributed by atoms with Crippen LogP contribution >= 0.6 is 0 Å². The Morgan fingerprint density at radius 1 is 1.33 bits per heavy atom. The second-order valence-corrected chi connectivity index (χ2v) is 6.04. The molecule has 2 rings (SSSR count). The van der Waals surface area contributed by atoms with Crippen molar-refractivity contribution >= 4 is 17.9 Å². The third-order valence-corrected chi connectivity index (χ3v) is 4.62. The van der Waals surface area contributed by atoms with Crippen LogP contribution in [0.2, 0.25) is 0 Å². The number of piperidine rings is 1. The lowest BCUT2D eigenvalue weighted by Gasteiger charge is -2.42. The number of likely N-dealkylation sites (tertiary alicyclic amines) is 1. The SMILES string of the molecule is CCC1C(=O)NCCN1C(=O)N1CCC(C)(C(=O)O)CC1. The minimum absolute atomic E-state index is 0.107. The first-order valence-electron chi connectivity index (χ1n) is 7.45. The van der Waals surface area contributed by atoms with E-state index in [1.165, 1.54) is 0 Å². The number of rotatable bonds is 2. The fourth-order valence-corrected chi connectivity index (χ4v) is 2.94. The van der Waals surface area contributed by atoms with Gasteiger partial charge in [0.2, 0.25) is 5.91 Å². The van der Waals surface area contributed by atoms with Crippen molar-refractivity contribution in [2.75, 3.05) is 26.2 Å². The highest BCUT2D eigenvalue weighted by Crippen LogP contribution is 2.31. The van der Waals surface area contributed by atoms with Gasteiger partial charge in [-0.05, 0) is 26.2 Å². The summed E-state index contributed by atoms with van der Waals surface area (Å²) in [5.41, 5.74) is -0.750. The molecular formula is C14H23N3O4. The zero-order valence-corrected chi connectivity index (χ0v) is 12.6. The molecule has 1 unspecified atom stereocenters. The fourth-order valence-electron chi connectivity index (χ4n) is 2.94. The van der Waals surface area contributed by atoms with Crippen LogP contribution in [0.3, 0.4) is 0 Å². The number of piperazine rings is 1. The number of urea groups is 1. The summed E-state index contributed by atoms with van der Waals surface area (Å²) in [7, 11) is 0. The molecule has 0 radical (unpaired) electrons. The van der Waals surface area contributed by atoms with Gasteiger partial charge in [-0.15, -0.1) is 0 Å². The molecule has 21 heavy (non-hydrogen) atoms. The molecule has 0 aromatic rings. The summed E-state index contributed by atoms with van der Waals surface area (Å²) in [6.07, 6.45) is 1.48. The van der Waals surface area contributed by atoms with E-state index in [-0.39, 0.29) is 11.9 Å². The first-order valence-corrected chi connectivity index (χ1v) is 7.45. The van der Waals surface area contributed by atoms with Gasteiger partial charge in [0.25, 0.3) is 0 Å². The molecule has 2 fully saturated rings. The van der Waals surface area contributed by atoms with E-state index in [2.05, 4.69) is 5.32 Å². The molecule has 1 atom stereocenters. The van der Waals surface area contributed by atoms with Crippen LogP contribution in [0.5, 0.6) is 0 Å². The maximum Gasteiger partial charge on any atom is 0.320 e. The predicted octanol–water partition coefficient (Wildman–Crippen LogP) is 0.504. The van der Waals surface area contributed by atoms with Gasteiger partial charge in [-0.1, -0.05) is 6.92 Å². The first kappa shape index (κ1) is 15.6. The van der Waals surface area contributed by atoms with Gasteiger partial charge in [0.15, 0.2) is 0 Å². The van der Waals surface area contributed by atoms with Crippen LogP contribution < -0.4 is 5.32 Å². The minimum atomic E-state index is -0.807. The summed E-state index contributed by atoms with van der Waals surface area (Å²) >= 11 is 0. The first-order chi connectivity index (χ1) is 9.89. The van der Waals surface area contributed by atoms with Gasteiger partial charge in [0.05, 0.1) is 5.41 Å². The Labute approximate surface area is 124 Å². The molecule has 0 bridgehead atoms. The topological polar surface area (TPSA) is 90.0 Å². The summed E-state index contributed by atoms with van der Waals surface area (Å²) in [4.78, 5) is 38.9. The Hall–Kier alpha value is -1.79. The van der Waals surface area contributed by atoms with E-state index in [0.717, 1.165) is 0 Å². The Kier molecular flexibility index (Phi) is 4.39. The molecular weight excluding hydrogens is 274 g/mol. The second kappa shape index (κ2) is 5.91. The predicted molar refractivity (Wildman–Crippen MR) is 75.7 cm³/mol. The molecule has 0 spiro atoms. The molecule has 118 valence electrons. The minimum Gasteiger partial charge on any atom is -0.481 e. The van der Waals surface area contributed by atoms with Crippen LogP contribution in [0.15, 0.2) is 0 Å². The van der Waals surface area contributed by atoms with Crippen molar-refractivity contribution in [1.29, 1.82) is 0 Å². The quantitative estimate of drug-likeness (QED) is 0.777. The van der Waals surface area contributed by atoms with Crippen molar-refractivity contribution in [3.8, 4) is 0 Å². The van der Waals surface area contributed by atoms with E-state index >= 15 is 0 Å². The van der Waals surface area contributed by atoms with Crippen LogP contribution in [0.1, 0.15) is 33.1 Å². The van der Waals surface area contributed by atoms with Crippen molar-refractivity contribution in [2.45, 2.75) is 39.2 Å². The van der Waals surface area contributed by atoms with E-state index in [0.29, 0.717) is 45.4 Å². The number of hydrogen-bond acceptors (Lipinski definition) is 3. The molecule has 2 aliphatic rings. The highest BCUT2D eigenvalue weighted by atomic mass is 16.4. The molecule has 2 heterocycles. The number of aliphatic carboxylic acids is 1. The lowest BCUT2D eigenvalue weighted by molar-refractivity contribution is -0.150. The van der Waals surface area contributed by atoms with Crippen molar-refractivity contribution in [1.82, 2.24) is 15.1 Å². The highest BCUT2D eigenvalue weighted by molar-refractivity contribution is 5.88. The largest absolute Gasteiger partial charge is 0.481 e. The third kappa shape index (κ3) is 2.96. The zero-order valence-electron chi connectivity index (χ0n) is 12.6. The lowest BCUT2D eigenvalue weighted by Crippen LogP contribution is -2.60. The summed E-state index contributed by atoms with van der Waals surface area (Å²) in [5, 5.41) is 12.0. The van der Waals surface area contributed by atoms with E-state index in [9.17, 15) is 19.5 Å². The van der Waals surface area contributed by atoms with Crippen LogP contribution in [0.25, 0.3) is 0 Å². The zero-order chi connectivity index (χ0) is 15.6. The van der Waals surface area contributed by atoms with Crippen molar-refractivity contribution in [2.24, 2.45) is 5.41 Å². The van der Waals surface area contributed by atoms with Crippen LogP contribution in [0.4, 0.5) is 4.79 Å². The van der Waals surface area contributed by atoms with Crippen LogP contribution in [-0.2, 0) is 9.59 Å². The molecule has 3 amide bonds. The summed E-state index contributed by atoms with van der Waals surface area (Å²) in [6.45, 7) is 5.44. The number of carboxylic acids is 1. The Balaban J connectivity index is 2.01. The number of hydrogen-bond donors (Lipinski definition) is 2. The second-order valence-electron chi connectivity index (χ2n) is 6.04. The number of amides is 3. The number of nitrogens with one attached hydrogen (secondary N) is 1. The Bertz CT molecular complexity index is 444. The fraction of sp³-hybridized carbons (Fsp3) is 0.786. The summed E-state index contributed by atoms with van der Waals surface area (Å²) < 4.78 is 0. The van der Waals surface area contributed by atoms with Gasteiger partial charge in [-0.25, -0.2) is 4.79 Å². The number of carboxylic acid groups (broad SMARTS) is 1. The molecule has 2 N–H and O–H groups in total. The monoisotopic (exact) mass is 297 g/mol. The molecule has 2 saturated heterocycles. The lowest BCUT2D eigenvalue weighted by atomic mass is 9.80. The average Bonchev–Trinajstić information content (AvgIpc) is 2.47. The molecule has 0 aromatic carbocycles. The maximum absolute atomic E-state index is 12.6. The molecule has 2 aliphatic heterocycles. The average molecular weight is 297 g/mol. The Morgan fingerprint density at radius 3 is 2.48 bits per heavy atom. The summed E-state index contributed by atoms with van der Waals surface area (Å²) in [6, 6.07) is -0.567. The van der Waals surface area contributed by atoms with Gasteiger partial charge < -0.3 is 20.2 Å². The van der Waals surface area contributed by atoms with E-state index in [1.807, 2.05) is 6.92 Å². The highest BCUT2D eigenvalue weighted by Gasteiger charge is 2.40. The smallest absolute Gasteiger partial charge is 0.320 e. The van der Waals surface area contributed by atoms with E-state index < -0.39 is 17.4 Å². The number of carbonyl (C=O) groups is 3. The van der Waals surface area contributed by atoms with Gasteiger partial charge in [0.1, 0.15) is 6.04 Å². The maximum atomic E-state index is 12.6. The van der Waals surface area contributed by atoms with Gasteiger partial charge in [-0.2, -0.15) is 0 Å². The molecule has 0 saturated carbocycles. The normalized spacial score (nSPS) is 25.4. The van der Waals surface area contributed by atoms with Crippen molar-refractivity contribution in [3.05, 3.63) is 0 Å². The van der Waals surface area contributed by atoms with E-state index in [4.69, 9.17) is 0 Å². The molecule has 7 heteroatoms. The van der Waals surface area contributed by atoms with Crippen LogP contribution in [0, 0.1) is 5.41 Å². The van der Waals surface area contributed by atoms with E-state index in [1.54, 1.807) is 16.7 Å². The van der Waals surface area contributed by atoms with Gasteiger partial charge in [0, 0.05) is 26.2 Å². The van der Waals surface area contributed by atoms with Crippen molar-refractivity contribution in [3.63, 3.8) is 0 Å². The number of nitrogens with zero attached hydrogens (tertiary/aromatic N) is 2. The standard InChI is InChI=1S/C14H23N3O4/c1-3-10-11(18)15-6-9-17(10)13(21)16-7-4-14(2,5-8-16)12(19)20/h10H,3-9H2,1-2H3,(H,15,18)(H,19,20). The summed E-state index contributed by atoms with van der Waals surface area (Å²) in [5.74, 6) is -0.914. The Morgan fingerprint density at radius 2 is 1.95 bits per heavy atom. The molecule has 0 aromatic heterocycles. The van der Waals surface area contributed by atoms with Crippen LogP contribution in [-0.4, -0.2) is 65.0 Å². The molecule has 0 aliphatic carbocycles. The number of carbonyl (C=O) groups excluding carboxylic acids is 2. The van der Waals surface area contributed by atoms with Crippen molar-refractivity contribution < 1.29 is 19.5 Å². The molecule has 7 nitrogen and oxygen atoms in total. The third-order valence-electron chi connectivity index (χ3n) is 4.62. The van der Waals surface area contributed by atoms with Gasteiger partial charge in [-0.3, -0.25) is 9.59 Å².